The van der Waals surface area contributed by atoms with Crippen molar-refractivity contribution in [2.24, 2.45) is 0 Å². The molecule has 4 rings (SSSR count). The van der Waals surface area contributed by atoms with Crippen molar-refractivity contribution in [1.82, 2.24) is 19.4 Å². The summed E-state index contributed by atoms with van der Waals surface area (Å²) in [5.41, 5.74) is 2.65. The Balaban J connectivity index is 1.59. The molecule has 0 radical (unpaired) electrons. The van der Waals surface area contributed by atoms with Crippen LogP contribution in [0.5, 0.6) is 0 Å². The summed E-state index contributed by atoms with van der Waals surface area (Å²) in [5.74, 6) is 0.950. The molecule has 0 aliphatic carbocycles. The van der Waals surface area contributed by atoms with Gasteiger partial charge in [-0.05, 0) is 38.1 Å². The van der Waals surface area contributed by atoms with Crippen molar-refractivity contribution < 1.29 is 9.53 Å². The highest BCUT2D eigenvalue weighted by Crippen LogP contribution is 2.27. The molecule has 0 saturated heterocycles. The smallest absolute Gasteiger partial charge is 0.254 e. The number of nitrogens with zero attached hydrogens (tertiary/aromatic N) is 4. The number of benzene rings is 1. The molecule has 6 heteroatoms. The monoisotopic (exact) mass is 350 g/mol. The molecule has 1 aliphatic heterocycles. The Bertz CT molecular complexity index is 950. The zero-order valence-electron chi connectivity index (χ0n) is 15.1. The molecule has 1 aliphatic rings. The van der Waals surface area contributed by atoms with Crippen LogP contribution in [0.2, 0.25) is 0 Å². The maximum Gasteiger partial charge on any atom is 0.254 e. The molecule has 6 nitrogen and oxygen atoms in total. The number of carbonyl (C=O) groups excluding carboxylic acids is 1. The highest BCUT2D eigenvalue weighted by atomic mass is 16.5. The van der Waals surface area contributed by atoms with Gasteiger partial charge in [-0.2, -0.15) is 0 Å². The lowest BCUT2D eigenvalue weighted by molar-refractivity contribution is 0.0630. The summed E-state index contributed by atoms with van der Waals surface area (Å²) in [6.07, 6.45) is 3.62. The fourth-order valence-electron chi connectivity index (χ4n) is 3.53. The summed E-state index contributed by atoms with van der Waals surface area (Å²) in [7, 11) is 0. The van der Waals surface area contributed by atoms with Gasteiger partial charge in [0.25, 0.3) is 5.91 Å². The predicted octanol–water partition coefficient (Wildman–Crippen LogP) is 3.18. The van der Waals surface area contributed by atoms with Gasteiger partial charge >= 0.3 is 0 Å². The zero-order valence-corrected chi connectivity index (χ0v) is 15.1. The average Bonchev–Trinajstić information content (AvgIpc) is 3.09. The van der Waals surface area contributed by atoms with E-state index < -0.39 is 0 Å². The number of amides is 1. The van der Waals surface area contributed by atoms with Gasteiger partial charge < -0.3 is 14.2 Å². The molecule has 2 aromatic heterocycles. The first kappa shape index (κ1) is 16.7. The lowest BCUT2D eigenvalue weighted by Gasteiger charge is -2.34. The van der Waals surface area contributed by atoms with Crippen molar-refractivity contribution in [3.8, 4) is 0 Å². The van der Waals surface area contributed by atoms with Crippen LogP contribution in [0.25, 0.3) is 10.9 Å². The number of rotatable bonds is 4. The summed E-state index contributed by atoms with van der Waals surface area (Å²) in [4.78, 5) is 23.8. The standard InChI is InChI=1S/C20H22N4O2/c1-3-26-13-17-12-22-19-14(2)23(9-10-24(17)19)20(25)16-6-7-18-15(11-16)5-4-8-21-18/h4-8,11-12,14H,3,9-10,13H2,1-2H3/t14-/m0/s1. The van der Waals surface area contributed by atoms with Crippen LogP contribution in [0.1, 0.15) is 41.8 Å². The van der Waals surface area contributed by atoms with Crippen LogP contribution in [0, 0.1) is 0 Å². The molecule has 3 heterocycles. The number of ether oxygens (including phenoxy) is 1. The summed E-state index contributed by atoms with van der Waals surface area (Å²) < 4.78 is 7.69. The van der Waals surface area contributed by atoms with Crippen LogP contribution < -0.4 is 0 Å². The van der Waals surface area contributed by atoms with Gasteiger partial charge in [0, 0.05) is 36.8 Å². The van der Waals surface area contributed by atoms with Crippen LogP contribution >= 0.6 is 0 Å². The van der Waals surface area contributed by atoms with Gasteiger partial charge in [-0.15, -0.1) is 0 Å². The molecule has 1 aromatic carbocycles. The number of hydrogen-bond acceptors (Lipinski definition) is 4. The van der Waals surface area contributed by atoms with Crippen LogP contribution in [0.4, 0.5) is 0 Å². The van der Waals surface area contributed by atoms with Crippen molar-refractivity contribution in [2.45, 2.75) is 33.0 Å². The van der Waals surface area contributed by atoms with Crippen molar-refractivity contribution in [3.63, 3.8) is 0 Å². The number of hydrogen-bond donors (Lipinski definition) is 0. The van der Waals surface area contributed by atoms with Gasteiger partial charge in [0.05, 0.1) is 30.1 Å². The Kier molecular flexibility index (Phi) is 4.42. The maximum atomic E-state index is 13.1. The van der Waals surface area contributed by atoms with Crippen molar-refractivity contribution in [2.75, 3.05) is 13.2 Å². The van der Waals surface area contributed by atoms with E-state index in [1.807, 2.05) is 55.3 Å². The third-order valence-electron chi connectivity index (χ3n) is 4.94. The second-order valence-corrected chi connectivity index (χ2v) is 6.48. The van der Waals surface area contributed by atoms with E-state index in [0.717, 1.165) is 29.0 Å². The maximum absolute atomic E-state index is 13.1. The lowest BCUT2D eigenvalue weighted by Crippen LogP contribution is -2.41. The normalized spacial score (nSPS) is 16.7. The molecule has 26 heavy (non-hydrogen) atoms. The molecule has 0 bridgehead atoms. The fraction of sp³-hybridized carbons (Fsp3) is 0.350. The van der Waals surface area contributed by atoms with E-state index in [0.29, 0.717) is 25.3 Å². The van der Waals surface area contributed by atoms with E-state index in [9.17, 15) is 4.79 Å². The Morgan fingerprint density at radius 2 is 2.15 bits per heavy atom. The predicted molar refractivity (Wildman–Crippen MR) is 98.8 cm³/mol. The van der Waals surface area contributed by atoms with Crippen molar-refractivity contribution >= 4 is 16.8 Å². The molecule has 1 atom stereocenters. The average molecular weight is 350 g/mol. The van der Waals surface area contributed by atoms with Gasteiger partial charge in [-0.1, -0.05) is 6.07 Å². The molecule has 134 valence electrons. The van der Waals surface area contributed by atoms with Gasteiger partial charge in [-0.3, -0.25) is 9.78 Å². The van der Waals surface area contributed by atoms with E-state index in [2.05, 4.69) is 14.5 Å². The van der Waals surface area contributed by atoms with Crippen LogP contribution in [0.15, 0.2) is 42.7 Å². The minimum atomic E-state index is -0.0729. The molecule has 0 spiro atoms. The van der Waals surface area contributed by atoms with Crippen molar-refractivity contribution in [1.29, 1.82) is 0 Å². The number of imidazole rings is 1. The van der Waals surface area contributed by atoms with Gasteiger partial charge in [0.2, 0.25) is 0 Å². The highest BCUT2D eigenvalue weighted by molar-refractivity contribution is 5.98. The molecule has 3 aromatic rings. The van der Waals surface area contributed by atoms with E-state index in [4.69, 9.17) is 4.74 Å². The number of carbonyl (C=O) groups is 1. The van der Waals surface area contributed by atoms with Crippen LogP contribution in [-0.4, -0.2) is 38.5 Å². The van der Waals surface area contributed by atoms with E-state index >= 15 is 0 Å². The highest BCUT2D eigenvalue weighted by Gasteiger charge is 2.30. The molecule has 0 saturated carbocycles. The van der Waals surface area contributed by atoms with E-state index in [1.165, 1.54) is 0 Å². The van der Waals surface area contributed by atoms with Crippen molar-refractivity contribution in [3.05, 3.63) is 59.8 Å². The second-order valence-electron chi connectivity index (χ2n) is 6.48. The number of fused-ring (bicyclic) bond motifs is 2. The summed E-state index contributed by atoms with van der Waals surface area (Å²) in [6.45, 7) is 6.65. The Morgan fingerprint density at radius 3 is 3.00 bits per heavy atom. The first-order valence-corrected chi connectivity index (χ1v) is 8.97. The number of aromatic nitrogens is 3. The van der Waals surface area contributed by atoms with Gasteiger partial charge in [-0.25, -0.2) is 4.98 Å². The zero-order chi connectivity index (χ0) is 18.1. The minimum absolute atomic E-state index is 0.0314. The third-order valence-corrected chi connectivity index (χ3v) is 4.94. The first-order chi connectivity index (χ1) is 12.7. The van der Waals surface area contributed by atoms with Gasteiger partial charge in [0.15, 0.2) is 0 Å². The molecular formula is C20H22N4O2. The third kappa shape index (κ3) is 2.86. The van der Waals surface area contributed by atoms with E-state index in [-0.39, 0.29) is 11.9 Å². The number of pyridine rings is 1. The van der Waals surface area contributed by atoms with Crippen LogP contribution in [0.3, 0.4) is 0 Å². The second kappa shape index (κ2) is 6.88. The Labute approximate surface area is 152 Å². The first-order valence-electron chi connectivity index (χ1n) is 8.97. The summed E-state index contributed by atoms with van der Waals surface area (Å²) >= 11 is 0. The molecule has 0 fully saturated rings. The van der Waals surface area contributed by atoms with E-state index in [1.54, 1.807) is 6.20 Å². The SMILES string of the molecule is CCOCc1cnc2n1CCN(C(=O)c1ccc3ncccc3c1)[C@H]2C. The quantitative estimate of drug-likeness (QED) is 0.725. The van der Waals surface area contributed by atoms with Gasteiger partial charge in [0.1, 0.15) is 5.82 Å². The Morgan fingerprint density at radius 1 is 1.27 bits per heavy atom. The largest absolute Gasteiger partial charge is 0.375 e. The lowest BCUT2D eigenvalue weighted by atomic mass is 10.1. The minimum Gasteiger partial charge on any atom is -0.375 e. The topological polar surface area (TPSA) is 60.2 Å². The molecule has 0 unspecified atom stereocenters. The summed E-state index contributed by atoms with van der Waals surface area (Å²) in [5, 5.41) is 0.975. The summed E-state index contributed by atoms with van der Waals surface area (Å²) in [6, 6.07) is 9.46. The molecular weight excluding hydrogens is 328 g/mol. The molecule has 1 amide bonds. The van der Waals surface area contributed by atoms with Crippen LogP contribution in [-0.2, 0) is 17.9 Å². The fourth-order valence-corrected chi connectivity index (χ4v) is 3.53. The Hall–Kier alpha value is -2.73. The molecule has 0 N–H and O–H groups in total.